The van der Waals surface area contributed by atoms with E-state index in [9.17, 15) is 4.79 Å². The predicted molar refractivity (Wildman–Crippen MR) is 119 cm³/mol. The molecule has 1 aromatic heterocycles. The number of anilines is 3. The maximum atomic E-state index is 12.7. The van der Waals surface area contributed by atoms with Crippen LogP contribution in [-0.2, 0) is 0 Å². The van der Waals surface area contributed by atoms with Crippen molar-refractivity contribution in [2.24, 2.45) is 5.92 Å². The number of benzene rings is 1. The number of piperidine rings is 1. The summed E-state index contributed by atoms with van der Waals surface area (Å²) in [7, 11) is 0. The van der Waals surface area contributed by atoms with E-state index in [1.807, 2.05) is 17.0 Å². The Morgan fingerprint density at radius 1 is 0.931 bits per heavy atom. The largest absolute Gasteiger partial charge is 0.372 e. The summed E-state index contributed by atoms with van der Waals surface area (Å²) in [5.74, 6) is 1.70. The first kappa shape index (κ1) is 19.7. The molecule has 3 heterocycles. The number of likely N-dealkylation sites (tertiary alicyclic amines) is 1. The quantitative estimate of drug-likeness (QED) is 0.788. The van der Waals surface area contributed by atoms with E-state index in [-0.39, 0.29) is 5.91 Å². The van der Waals surface area contributed by atoms with Gasteiger partial charge in [0.15, 0.2) is 0 Å². The average molecular weight is 393 g/mol. The first-order valence-electron chi connectivity index (χ1n) is 11.1. The van der Waals surface area contributed by atoms with Crippen LogP contribution in [0.1, 0.15) is 55.8 Å². The highest BCUT2D eigenvalue weighted by Gasteiger charge is 2.18. The molecule has 0 radical (unpaired) electrons. The molecule has 2 aliphatic rings. The molecule has 2 aliphatic heterocycles. The van der Waals surface area contributed by atoms with Crippen molar-refractivity contribution in [2.45, 2.75) is 45.4 Å². The third-order valence-electron chi connectivity index (χ3n) is 6.19. The van der Waals surface area contributed by atoms with Crippen molar-refractivity contribution in [3.63, 3.8) is 0 Å². The second kappa shape index (κ2) is 9.29. The minimum absolute atomic E-state index is 0.103. The molecule has 1 N–H and O–H groups in total. The van der Waals surface area contributed by atoms with E-state index < -0.39 is 0 Å². The molecule has 5 nitrogen and oxygen atoms in total. The maximum absolute atomic E-state index is 12.7. The van der Waals surface area contributed by atoms with E-state index in [1.165, 1.54) is 31.4 Å². The zero-order valence-electron chi connectivity index (χ0n) is 17.4. The number of pyridine rings is 1. The van der Waals surface area contributed by atoms with E-state index in [0.717, 1.165) is 56.4 Å². The fourth-order valence-corrected chi connectivity index (χ4v) is 4.22. The van der Waals surface area contributed by atoms with Gasteiger partial charge in [0.05, 0.1) is 5.56 Å². The number of hydrogen-bond donors (Lipinski definition) is 1. The molecule has 0 bridgehead atoms. The Kier molecular flexibility index (Phi) is 6.33. The Labute approximate surface area is 174 Å². The van der Waals surface area contributed by atoms with Crippen molar-refractivity contribution in [3.05, 3.63) is 48.2 Å². The predicted octanol–water partition coefficient (Wildman–Crippen LogP) is 5.08. The normalized spacial score (nSPS) is 18.4. The third-order valence-corrected chi connectivity index (χ3v) is 6.19. The minimum Gasteiger partial charge on any atom is -0.372 e. The Morgan fingerprint density at radius 3 is 2.24 bits per heavy atom. The van der Waals surface area contributed by atoms with Gasteiger partial charge in [-0.05, 0) is 68.0 Å². The topological polar surface area (TPSA) is 48.5 Å². The van der Waals surface area contributed by atoms with E-state index in [1.54, 1.807) is 6.20 Å². The molecule has 2 aromatic rings. The van der Waals surface area contributed by atoms with E-state index in [2.05, 4.69) is 46.4 Å². The molecule has 29 heavy (non-hydrogen) atoms. The van der Waals surface area contributed by atoms with Gasteiger partial charge in [-0.25, -0.2) is 4.98 Å². The highest BCUT2D eigenvalue weighted by Crippen LogP contribution is 2.25. The first-order valence-corrected chi connectivity index (χ1v) is 11.1. The number of carbonyl (C=O) groups is 1. The van der Waals surface area contributed by atoms with Crippen LogP contribution in [0, 0.1) is 5.92 Å². The average Bonchev–Trinajstić information content (AvgIpc) is 3.05. The van der Waals surface area contributed by atoms with Crippen LogP contribution in [0.3, 0.4) is 0 Å². The minimum atomic E-state index is 0.103. The lowest BCUT2D eigenvalue weighted by molar-refractivity contribution is 0.0761. The number of amides is 1. The molecular formula is C24H32N4O. The second-order valence-electron chi connectivity index (χ2n) is 8.48. The van der Waals surface area contributed by atoms with E-state index >= 15 is 0 Å². The molecule has 0 spiro atoms. The molecule has 0 saturated carbocycles. The van der Waals surface area contributed by atoms with Gasteiger partial charge in [0, 0.05) is 43.8 Å². The van der Waals surface area contributed by atoms with Crippen LogP contribution in [-0.4, -0.2) is 42.0 Å². The van der Waals surface area contributed by atoms with Crippen molar-refractivity contribution in [3.8, 4) is 0 Å². The molecule has 4 rings (SSSR count). The molecule has 154 valence electrons. The van der Waals surface area contributed by atoms with Gasteiger partial charge in [0.2, 0.25) is 0 Å². The van der Waals surface area contributed by atoms with Gasteiger partial charge in [0.1, 0.15) is 5.82 Å². The molecule has 0 aliphatic carbocycles. The highest BCUT2D eigenvalue weighted by atomic mass is 16.2. The molecule has 0 atom stereocenters. The fourth-order valence-electron chi connectivity index (χ4n) is 4.22. The standard InChI is InChI=1S/C24H32N4O/c1-19-12-16-27(17-13-19)22-9-7-21(8-10-22)26-23-11-6-20(18-25-23)24(29)28-14-4-2-3-5-15-28/h6-11,18-19H,2-5,12-17H2,1H3,(H,25,26). The third kappa shape index (κ3) is 5.08. The smallest absolute Gasteiger partial charge is 0.255 e. The summed E-state index contributed by atoms with van der Waals surface area (Å²) in [4.78, 5) is 21.6. The molecular weight excluding hydrogens is 360 g/mol. The van der Waals surface area contributed by atoms with Gasteiger partial charge in [-0.3, -0.25) is 4.79 Å². The van der Waals surface area contributed by atoms with Crippen molar-refractivity contribution in [1.82, 2.24) is 9.88 Å². The van der Waals surface area contributed by atoms with Crippen LogP contribution >= 0.6 is 0 Å². The number of carbonyl (C=O) groups excluding carboxylic acids is 1. The van der Waals surface area contributed by atoms with E-state index in [4.69, 9.17) is 0 Å². The van der Waals surface area contributed by atoms with E-state index in [0.29, 0.717) is 5.56 Å². The monoisotopic (exact) mass is 392 g/mol. The van der Waals surface area contributed by atoms with Gasteiger partial charge in [-0.2, -0.15) is 0 Å². The van der Waals surface area contributed by atoms with Gasteiger partial charge in [0.25, 0.3) is 5.91 Å². The van der Waals surface area contributed by atoms with Crippen LogP contribution in [0.15, 0.2) is 42.6 Å². The molecule has 1 amide bonds. The Morgan fingerprint density at radius 2 is 1.62 bits per heavy atom. The lowest BCUT2D eigenvalue weighted by Crippen LogP contribution is -2.32. The molecule has 2 saturated heterocycles. The molecule has 0 unspecified atom stereocenters. The van der Waals surface area contributed by atoms with Crippen LogP contribution < -0.4 is 10.2 Å². The summed E-state index contributed by atoms with van der Waals surface area (Å²) in [6, 6.07) is 12.3. The van der Waals surface area contributed by atoms with Gasteiger partial charge in [-0.15, -0.1) is 0 Å². The lowest BCUT2D eigenvalue weighted by Gasteiger charge is -2.32. The SMILES string of the molecule is CC1CCN(c2ccc(Nc3ccc(C(=O)N4CCCCCC4)cn3)cc2)CC1. The maximum Gasteiger partial charge on any atom is 0.255 e. The van der Waals surface area contributed by atoms with Crippen LogP contribution in [0.25, 0.3) is 0 Å². The molecule has 1 aromatic carbocycles. The van der Waals surface area contributed by atoms with Gasteiger partial charge >= 0.3 is 0 Å². The van der Waals surface area contributed by atoms with Gasteiger partial charge < -0.3 is 15.1 Å². The number of aromatic nitrogens is 1. The van der Waals surface area contributed by atoms with Crippen molar-refractivity contribution >= 4 is 23.1 Å². The first-order chi connectivity index (χ1) is 14.2. The Hall–Kier alpha value is -2.56. The van der Waals surface area contributed by atoms with Crippen LogP contribution in [0.2, 0.25) is 0 Å². The highest BCUT2D eigenvalue weighted by molar-refractivity contribution is 5.94. The number of nitrogens with one attached hydrogen (secondary N) is 1. The summed E-state index contributed by atoms with van der Waals surface area (Å²) in [5, 5.41) is 3.34. The summed E-state index contributed by atoms with van der Waals surface area (Å²) in [6.07, 6.45) is 8.88. The fraction of sp³-hybridized carbons (Fsp3) is 0.500. The van der Waals surface area contributed by atoms with Crippen molar-refractivity contribution in [2.75, 3.05) is 36.4 Å². The summed E-state index contributed by atoms with van der Waals surface area (Å²) >= 11 is 0. The molecule has 5 heteroatoms. The van der Waals surface area contributed by atoms with Gasteiger partial charge in [-0.1, -0.05) is 19.8 Å². The number of nitrogens with zero attached hydrogens (tertiary/aromatic N) is 3. The zero-order chi connectivity index (χ0) is 20.1. The number of hydrogen-bond acceptors (Lipinski definition) is 4. The summed E-state index contributed by atoms with van der Waals surface area (Å²) < 4.78 is 0. The number of rotatable bonds is 4. The van der Waals surface area contributed by atoms with Crippen molar-refractivity contribution < 1.29 is 4.79 Å². The summed E-state index contributed by atoms with van der Waals surface area (Å²) in [6.45, 7) is 6.34. The van der Waals surface area contributed by atoms with Crippen molar-refractivity contribution in [1.29, 1.82) is 0 Å². The lowest BCUT2D eigenvalue weighted by atomic mass is 9.99. The second-order valence-corrected chi connectivity index (χ2v) is 8.48. The Bertz CT molecular complexity index is 787. The van der Waals surface area contributed by atoms with Crippen LogP contribution in [0.5, 0.6) is 0 Å². The van der Waals surface area contributed by atoms with Crippen LogP contribution in [0.4, 0.5) is 17.2 Å². The Balaban J connectivity index is 1.35. The molecule has 2 fully saturated rings. The summed E-state index contributed by atoms with van der Waals surface area (Å²) in [5.41, 5.74) is 2.97. The zero-order valence-corrected chi connectivity index (χ0v) is 17.4.